The van der Waals surface area contributed by atoms with Crippen molar-refractivity contribution in [1.82, 2.24) is 15.3 Å². The Balaban J connectivity index is 2.00. The van der Waals surface area contributed by atoms with Crippen LogP contribution in [-0.4, -0.2) is 22.4 Å². The van der Waals surface area contributed by atoms with Crippen LogP contribution in [0, 0.1) is 0 Å². The largest absolute Gasteiger partial charge is 0.351 e. The number of carbonyl (C=O) groups excluding carboxylic acids is 1. The van der Waals surface area contributed by atoms with E-state index >= 15 is 0 Å². The Hall–Kier alpha value is -2.43. The molecular formula is C17H22N4O. The molecule has 0 bridgehead atoms. The highest BCUT2D eigenvalue weighted by Gasteiger charge is 2.10. The minimum Gasteiger partial charge on any atom is -0.351 e. The number of anilines is 1. The van der Waals surface area contributed by atoms with Crippen LogP contribution in [0.15, 0.2) is 42.6 Å². The van der Waals surface area contributed by atoms with Crippen molar-refractivity contribution in [2.75, 3.05) is 11.9 Å². The lowest BCUT2D eigenvalue weighted by Crippen LogP contribution is -2.25. The van der Waals surface area contributed by atoms with Gasteiger partial charge in [0.05, 0.1) is 6.04 Å². The fourth-order valence-electron chi connectivity index (χ4n) is 2.04. The number of amides is 1. The molecule has 1 atom stereocenters. The van der Waals surface area contributed by atoms with Crippen LogP contribution in [0.1, 0.15) is 48.8 Å². The van der Waals surface area contributed by atoms with E-state index in [1.807, 2.05) is 37.3 Å². The summed E-state index contributed by atoms with van der Waals surface area (Å²) in [6, 6.07) is 11.7. The second kappa shape index (κ2) is 8.12. The highest BCUT2D eigenvalue weighted by atomic mass is 16.1. The first-order valence-electron chi connectivity index (χ1n) is 7.63. The van der Waals surface area contributed by atoms with Gasteiger partial charge in [0.2, 0.25) is 5.95 Å². The number of benzene rings is 1. The fraction of sp³-hybridized carbons (Fsp3) is 0.353. The lowest BCUT2D eigenvalue weighted by molar-refractivity contribution is 0.0948. The summed E-state index contributed by atoms with van der Waals surface area (Å²) in [5.74, 6) is 0.297. The van der Waals surface area contributed by atoms with Gasteiger partial charge in [-0.05, 0) is 25.0 Å². The maximum absolute atomic E-state index is 12.0. The smallest absolute Gasteiger partial charge is 0.270 e. The number of hydrogen-bond acceptors (Lipinski definition) is 4. The molecule has 2 N–H and O–H groups in total. The summed E-state index contributed by atoms with van der Waals surface area (Å²) in [5, 5.41) is 6.07. The van der Waals surface area contributed by atoms with E-state index in [4.69, 9.17) is 0 Å². The normalized spacial score (nSPS) is 11.7. The molecule has 1 heterocycles. The maximum Gasteiger partial charge on any atom is 0.270 e. The SMILES string of the molecule is CCCCNC(=O)c1ccnc(NC(C)c2ccccc2)n1. The van der Waals surface area contributed by atoms with E-state index < -0.39 is 0 Å². The predicted octanol–water partition coefficient (Wildman–Crippen LogP) is 3.18. The molecular weight excluding hydrogens is 276 g/mol. The average Bonchev–Trinajstić information content (AvgIpc) is 2.56. The monoisotopic (exact) mass is 298 g/mol. The molecule has 0 saturated heterocycles. The maximum atomic E-state index is 12.0. The van der Waals surface area contributed by atoms with Crippen LogP contribution in [0.3, 0.4) is 0 Å². The van der Waals surface area contributed by atoms with Gasteiger partial charge in [-0.2, -0.15) is 0 Å². The minimum absolute atomic E-state index is 0.0691. The van der Waals surface area contributed by atoms with Crippen molar-refractivity contribution in [3.05, 3.63) is 53.9 Å². The third-order valence-corrected chi connectivity index (χ3v) is 3.35. The van der Waals surface area contributed by atoms with E-state index in [2.05, 4.69) is 27.5 Å². The Bertz CT molecular complexity index is 601. The summed E-state index contributed by atoms with van der Waals surface area (Å²) in [6.07, 6.45) is 3.61. The Labute approximate surface area is 131 Å². The summed E-state index contributed by atoms with van der Waals surface area (Å²) in [6.45, 7) is 4.79. The molecule has 0 saturated carbocycles. The van der Waals surface area contributed by atoms with Gasteiger partial charge in [-0.1, -0.05) is 43.7 Å². The van der Waals surface area contributed by atoms with Crippen molar-refractivity contribution in [2.45, 2.75) is 32.7 Å². The highest BCUT2D eigenvalue weighted by Crippen LogP contribution is 2.16. The first-order chi connectivity index (χ1) is 10.7. The molecule has 0 spiro atoms. The van der Waals surface area contributed by atoms with Crippen molar-refractivity contribution in [3.63, 3.8) is 0 Å². The van der Waals surface area contributed by atoms with E-state index in [-0.39, 0.29) is 11.9 Å². The van der Waals surface area contributed by atoms with Gasteiger partial charge < -0.3 is 10.6 Å². The summed E-state index contributed by atoms with van der Waals surface area (Å²) in [5.41, 5.74) is 1.53. The van der Waals surface area contributed by atoms with Crippen molar-refractivity contribution < 1.29 is 4.79 Å². The molecule has 0 aliphatic heterocycles. The summed E-state index contributed by atoms with van der Waals surface area (Å²) in [7, 11) is 0. The molecule has 0 radical (unpaired) electrons. The molecule has 0 fully saturated rings. The molecule has 22 heavy (non-hydrogen) atoms. The molecule has 1 unspecified atom stereocenters. The number of hydrogen-bond donors (Lipinski definition) is 2. The molecule has 116 valence electrons. The zero-order valence-electron chi connectivity index (χ0n) is 13.0. The third kappa shape index (κ3) is 4.55. The van der Waals surface area contributed by atoms with Gasteiger partial charge in [-0.15, -0.1) is 0 Å². The van der Waals surface area contributed by atoms with E-state index in [1.54, 1.807) is 12.3 Å². The van der Waals surface area contributed by atoms with Crippen molar-refractivity contribution in [3.8, 4) is 0 Å². The zero-order chi connectivity index (χ0) is 15.8. The number of rotatable bonds is 7. The quantitative estimate of drug-likeness (QED) is 0.770. The van der Waals surface area contributed by atoms with Crippen LogP contribution in [-0.2, 0) is 0 Å². The van der Waals surface area contributed by atoms with Crippen molar-refractivity contribution in [2.24, 2.45) is 0 Å². The van der Waals surface area contributed by atoms with Crippen LogP contribution >= 0.6 is 0 Å². The first-order valence-corrected chi connectivity index (χ1v) is 7.63. The summed E-state index contributed by atoms with van der Waals surface area (Å²) in [4.78, 5) is 20.5. The molecule has 1 amide bonds. The molecule has 2 rings (SSSR count). The Morgan fingerprint density at radius 3 is 2.73 bits per heavy atom. The molecule has 1 aromatic heterocycles. The molecule has 2 aromatic rings. The van der Waals surface area contributed by atoms with Crippen LogP contribution in [0.2, 0.25) is 0 Å². The minimum atomic E-state index is -0.161. The van der Waals surface area contributed by atoms with Gasteiger partial charge in [0.25, 0.3) is 5.91 Å². The Morgan fingerprint density at radius 1 is 1.23 bits per heavy atom. The lowest BCUT2D eigenvalue weighted by Gasteiger charge is -2.14. The Kier molecular flexibility index (Phi) is 5.89. The van der Waals surface area contributed by atoms with Crippen LogP contribution in [0.5, 0.6) is 0 Å². The highest BCUT2D eigenvalue weighted by molar-refractivity contribution is 5.92. The second-order valence-electron chi connectivity index (χ2n) is 5.15. The molecule has 1 aromatic carbocycles. The molecule has 0 aliphatic carbocycles. The first kappa shape index (κ1) is 15.9. The van der Waals surface area contributed by atoms with Gasteiger partial charge in [-0.25, -0.2) is 9.97 Å². The van der Waals surface area contributed by atoms with Gasteiger partial charge in [-0.3, -0.25) is 4.79 Å². The number of carbonyl (C=O) groups is 1. The average molecular weight is 298 g/mol. The fourth-order valence-corrected chi connectivity index (χ4v) is 2.04. The summed E-state index contributed by atoms with van der Waals surface area (Å²) < 4.78 is 0. The van der Waals surface area contributed by atoms with Crippen molar-refractivity contribution in [1.29, 1.82) is 0 Å². The van der Waals surface area contributed by atoms with Gasteiger partial charge in [0, 0.05) is 12.7 Å². The van der Waals surface area contributed by atoms with Gasteiger partial charge in [0.1, 0.15) is 5.69 Å². The standard InChI is InChI=1S/C17H22N4O/c1-3-4-11-18-16(22)15-10-12-19-17(21-15)20-13(2)14-8-6-5-7-9-14/h5-10,12-13H,3-4,11H2,1-2H3,(H,18,22)(H,19,20,21). The second-order valence-corrected chi connectivity index (χ2v) is 5.15. The van der Waals surface area contributed by atoms with Crippen LogP contribution in [0.25, 0.3) is 0 Å². The zero-order valence-corrected chi connectivity index (χ0v) is 13.0. The van der Waals surface area contributed by atoms with Gasteiger partial charge >= 0.3 is 0 Å². The van der Waals surface area contributed by atoms with E-state index in [0.29, 0.717) is 18.2 Å². The number of nitrogens with zero attached hydrogens (tertiary/aromatic N) is 2. The summed E-state index contributed by atoms with van der Waals surface area (Å²) >= 11 is 0. The third-order valence-electron chi connectivity index (χ3n) is 3.35. The van der Waals surface area contributed by atoms with Crippen molar-refractivity contribution >= 4 is 11.9 Å². The Morgan fingerprint density at radius 2 is 2.00 bits per heavy atom. The van der Waals surface area contributed by atoms with E-state index in [0.717, 1.165) is 18.4 Å². The van der Waals surface area contributed by atoms with Crippen LogP contribution in [0.4, 0.5) is 5.95 Å². The molecule has 0 aliphatic rings. The van der Waals surface area contributed by atoms with E-state index in [9.17, 15) is 4.79 Å². The topological polar surface area (TPSA) is 66.9 Å². The van der Waals surface area contributed by atoms with Gasteiger partial charge in [0.15, 0.2) is 0 Å². The number of nitrogens with one attached hydrogen (secondary N) is 2. The number of unbranched alkanes of at least 4 members (excludes halogenated alkanes) is 1. The molecule has 5 nitrogen and oxygen atoms in total. The lowest BCUT2D eigenvalue weighted by atomic mass is 10.1. The number of aromatic nitrogens is 2. The molecule has 5 heteroatoms. The van der Waals surface area contributed by atoms with Crippen LogP contribution < -0.4 is 10.6 Å². The predicted molar refractivity (Wildman–Crippen MR) is 87.8 cm³/mol. The van der Waals surface area contributed by atoms with E-state index in [1.165, 1.54) is 0 Å².